The second kappa shape index (κ2) is 5.38. The van der Waals surface area contributed by atoms with Crippen LogP contribution in [0, 0.1) is 10.8 Å². The predicted octanol–water partition coefficient (Wildman–Crippen LogP) is 2.75. The summed E-state index contributed by atoms with van der Waals surface area (Å²) in [4.78, 5) is 2.43. The van der Waals surface area contributed by atoms with Crippen LogP contribution in [0.25, 0.3) is 0 Å². The highest BCUT2D eigenvalue weighted by Gasteiger charge is 2.37. The molecule has 1 aliphatic heterocycles. The Kier molecular flexibility index (Phi) is 4.08. The summed E-state index contributed by atoms with van der Waals surface area (Å²) in [6, 6.07) is 0.191. The van der Waals surface area contributed by atoms with Gasteiger partial charge in [-0.1, -0.05) is 26.2 Å². The summed E-state index contributed by atoms with van der Waals surface area (Å²) in [5.41, 5.74) is 6.35. The molecule has 1 saturated carbocycles. The van der Waals surface area contributed by atoms with E-state index in [-0.39, 0.29) is 6.04 Å². The van der Waals surface area contributed by atoms with E-state index in [4.69, 9.17) is 11.1 Å². The molecule has 17 heavy (non-hydrogen) atoms. The van der Waals surface area contributed by atoms with E-state index < -0.39 is 0 Å². The highest BCUT2D eigenvalue weighted by atomic mass is 15.2. The Morgan fingerprint density at radius 3 is 2.24 bits per heavy atom. The standard InChI is InChI=1S/C14H27N3/c1-2-12(13(15)16)17-10-8-14(9-11-17)6-4-3-5-7-14/h12H,2-11H2,1H3,(H3,15,16). The molecule has 0 aromatic carbocycles. The molecule has 0 aromatic rings. The van der Waals surface area contributed by atoms with Crippen molar-refractivity contribution in [3.05, 3.63) is 0 Å². The second-order valence-corrected chi connectivity index (χ2v) is 5.98. The molecule has 1 spiro atoms. The van der Waals surface area contributed by atoms with Gasteiger partial charge in [-0.3, -0.25) is 10.3 Å². The summed E-state index contributed by atoms with van der Waals surface area (Å²) >= 11 is 0. The lowest BCUT2D eigenvalue weighted by Gasteiger charge is -2.46. The summed E-state index contributed by atoms with van der Waals surface area (Å²) < 4.78 is 0. The maximum Gasteiger partial charge on any atom is 0.108 e. The minimum atomic E-state index is 0.191. The van der Waals surface area contributed by atoms with E-state index in [2.05, 4.69) is 11.8 Å². The summed E-state index contributed by atoms with van der Waals surface area (Å²) in [7, 11) is 0. The van der Waals surface area contributed by atoms with Gasteiger partial charge in [-0.05, 0) is 50.6 Å². The molecule has 0 amide bonds. The Bertz CT molecular complexity index is 259. The first-order valence-corrected chi connectivity index (χ1v) is 7.25. The molecular formula is C14H27N3. The van der Waals surface area contributed by atoms with Crippen molar-refractivity contribution in [1.82, 2.24) is 4.90 Å². The topological polar surface area (TPSA) is 53.1 Å². The third-order valence-electron chi connectivity index (χ3n) is 4.96. The first kappa shape index (κ1) is 12.9. The number of amidine groups is 1. The molecule has 0 aromatic heterocycles. The van der Waals surface area contributed by atoms with Crippen LogP contribution in [-0.4, -0.2) is 29.9 Å². The molecule has 2 aliphatic rings. The maximum atomic E-state index is 7.66. The van der Waals surface area contributed by atoms with E-state index >= 15 is 0 Å². The average Bonchev–Trinajstić information content (AvgIpc) is 2.33. The van der Waals surface area contributed by atoms with Gasteiger partial charge in [0.1, 0.15) is 5.84 Å². The fraction of sp³-hybridized carbons (Fsp3) is 0.929. The number of piperidine rings is 1. The lowest BCUT2D eigenvalue weighted by Crippen LogP contribution is -2.50. The normalized spacial score (nSPS) is 26.9. The monoisotopic (exact) mass is 237 g/mol. The van der Waals surface area contributed by atoms with E-state index in [0.29, 0.717) is 11.3 Å². The molecule has 3 heteroatoms. The number of hydrogen-bond acceptors (Lipinski definition) is 2. The van der Waals surface area contributed by atoms with Crippen molar-refractivity contribution in [2.75, 3.05) is 13.1 Å². The van der Waals surface area contributed by atoms with Crippen LogP contribution >= 0.6 is 0 Å². The van der Waals surface area contributed by atoms with Crippen LogP contribution in [0.15, 0.2) is 0 Å². The van der Waals surface area contributed by atoms with Gasteiger partial charge in [0.15, 0.2) is 0 Å². The van der Waals surface area contributed by atoms with Gasteiger partial charge >= 0.3 is 0 Å². The number of likely N-dealkylation sites (tertiary alicyclic amines) is 1. The maximum absolute atomic E-state index is 7.66. The van der Waals surface area contributed by atoms with Crippen LogP contribution in [0.4, 0.5) is 0 Å². The van der Waals surface area contributed by atoms with E-state index in [9.17, 15) is 0 Å². The lowest BCUT2D eigenvalue weighted by molar-refractivity contribution is 0.0574. The number of nitrogens with two attached hydrogens (primary N) is 1. The van der Waals surface area contributed by atoms with Crippen molar-refractivity contribution in [3.8, 4) is 0 Å². The fourth-order valence-electron chi connectivity index (χ4n) is 3.79. The van der Waals surface area contributed by atoms with E-state index in [1.54, 1.807) is 0 Å². The molecule has 3 N–H and O–H groups in total. The zero-order valence-electron chi connectivity index (χ0n) is 11.2. The number of hydrogen-bond donors (Lipinski definition) is 2. The largest absolute Gasteiger partial charge is 0.386 e. The Morgan fingerprint density at radius 2 is 1.76 bits per heavy atom. The Hall–Kier alpha value is -0.570. The van der Waals surface area contributed by atoms with Gasteiger partial charge < -0.3 is 5.73 Å². The third-order valence-corrected chi connectivity index (χ3v) is 4.96. The van der Waals surface area contributed by atoms with Crippen LogP contribution in [0.2, 0.25) is 0 Å². The fourth-order valence-corrected chi connectivity index (χ4v) is 3.79. The van der Waals surface area contributed by atoms with Gasteiger partial charge in [-0.2, -0.15) is 0 Å². The SMILES string of the molecule is CCC(C(=N)N)N1CCC2(CCCCC2)CC1. The lowest BCUT2D eigenvalue weighted by atomic mass is 9.68. The Balaban J connectivity index is 1.90. The van der Waals surface area contributed by atoms with Gasteiger partial charge in [0.25, 0.3) is 0 Å². The van der Waals surface area contributed by atoms with Crippen LogP contribution in [0.1, 0.15) is 58.3 Å². The molecule has 2 fully saturated rings. The van der Waals surface area contributed by atoms with Gasteiger partial charge in [-0.15, -0.1) is 0 Å². The molecule has 1 unspecified atom stereocenters. The molecule has 1 atom stereocenters. The van der Waals surface area contributed by atoms with E-state index in [1.165, 1.54) is 44.9 Å². The second-order valence-electron chi connectivity index (χ2n) is 5.98. The van der Waals surface area contributed by atoms with Crippen LogP contribution < -0.4 is 5.73 Å². The van der Waals surface area contributed by atoms with Crippen LogP contribution in [-0.2, 0) is 0 Å². The average molecular weight is 237 g/mol. The van der Waals surface area contributed by atoms with E-state index in [1.807, 2.05) is 0 Å². The number of rotatable bonds is 3. The summed E-state index contributed by atoms with van der Waals surface area (Å²) in [6.45, 7) is 4.44. The molecule has 0 bridgehead atoms. The first-order valence-electron chi connectivity index (χ1n) is 7.25. The highest BCUT2D eigenvalue weighted by molar-refractivity contribution is 5.82. The number of nitrogens with zero attached hydrogens (tertiary/aromatic N) is 1. The van der Waals surface area contributed by atoms with Crippen molar-refractivity contribution in [3.63, 3.8) is 0 Å². The molecule has 1 aliphatic carbocycles. The van der Waals surface area contributed by atoms with Crippen LogP contribution in [0.3, 0.4) is 0 Å². The summed E-state index contributed by atoms with van der Waals surface area (Å²) in [5.74, 6) is 0.354. The highest BCUT2D eigenvalue weighted by Crippen LogP contribution is 2.44. The van der Waals surface area contributed by atoms with Crippen molar-refractivity contribution < 1.29 is 0 Å². The van der Waals surface area contributed by atoms with Gasteiger partial charge in [0, 0.05) is 0 Å². The quantitative estimate of drug-likeness (QED) is 0.586. The smallest absolute Gasteiger partial charge is 0.108 e. The predicted molar refractivity (Wildman–Crippen MR) is 72.3 cm³/mol. The Labute approximate surface area is 105 Å². The van der Waals surface area contributed by atoms with Crippen molar-refractivity contribution in [2.45, 2.75) is 64.3 Å². The molecule has 98 valence electrons. The first-order chi connectivity index (χ1) is 8.17. The van der Waals surface area contributed by atoms with E-state index in [0.717, 1.165) is 19.5 Å². The molecule has 1 saturated heterocycles. The number of nitrogens with one attached hydrogen (secondary N) is 1. The molecular weight excluding hydrogens is 210 g/mol. The van der Waals surface area contributed by atoms with Crippen molar-refractivity contribution >= 4 is 5.84 Å². The zero-order valence-corrected chi connectivity index (χ0v) is 11.2. The molecule has 3 nitrogen and oxygen atoms in total. The van der Waals surface area contributed by atoms with Gasteiger partial charge in [-0.25, -0.2) is 0 Å². The molecule has 2 rings (SSSR count). The molecule has 1 heterocycles. The van der Waals surface area contributed by atoms with Crippen LogP contribution in [0.5, 0.6) is 0 Å². The van der Waals surface area contributed by atoms with Crippen molar-refractivity contribution in [2.24, 2.45) is 11.1 Å². The Morgan fingerprint density at radius 1 is 1.18 bits per heavy atom. The van der Waals surface area contributed by atoms with Gasteiger partial charge in [0.2, 0.25) is 0 Å². The minimum absolute atomic E-state index is 0.191. The third kappa shape index (κ3) is 2.82. The molecule has 0 radical (unpaired) electrons. The minimum Gasteiger partial charge on any atom is -0.386 e. The summed E-state index contributed by atoms with van der Waals surface area (Å²) in [5, 5.41) is 7.66. The van der Waals surface area contributed by atoms with Gasteiger partial charge in [0.05, 0.1) is 6.04 Å². The zero-order chi connectivity index (χ0) is 12.3. The van der Waals surface area contributed by atoms with Crippen molar-refractivity contribution in [1.29, 1.82) is 5.41 Å². The summed E-state index contributed by atoms with van der Waals surface area (Å²) in [6.07, 6.45) is 10.8.